The highest BCUT2D eigenvalue weighted by Crippen LogP contribution is 2.31. The summed E-state index contributed by atoms with van der Waals surface area (Å²) in [4.78, 5) is 26.7. The van der Waals surface area contributed by atoms with E-state index in [1.807, 2.05) is 11.4 Å². The van der Waals surface area contributed by atoms with Gasteiger partial charge in [-0.25, -0.2) is 0 Å². The van der Waals surface area contributed by atoms with E-state index in [0.717, 1.165) is 19.3 Å². The van der Waals surface area contributed by atoms with Crippen LogP contribution in [0.25, 0.3) is 0 Å². The first kappa shape index (κ1) is 15.0. The van der Waals surface area contributed by atoms with Crippen LogP contribution in [0.2, 0.25) is 0 Å². The largest absolute Gasteiger partial charge is 0.481 e. The minimum Gasteiger partial charge on any atom is -0.481 e. The summed E-state index contributed by atoms with van der Waals surface area (Å²) in [5.74, 6) is -1.67. The van der Waals surface area contributed by atoms with Gasteiger partial charge < -0.3 is 10.0 Å². The molecule has 0 bridgehead atoms. The Labute approximate surface area is 123 Å². The van der Waals surface area contributed by atoms with Gasteiger partial charge in [0.15, 0.2) is 0 Å². The normalized spacial score (nSPS) is 22.4. The van der Waals surface area contributed by atoms with Crippen molar-refractivity contribution < 1.29 is 14.7 Å². The number of amides is 1. The van der Waals surface area contributed by atoms with E-state index in [4.69, 9.17) is 0 Å². The van der Waals surface area contributed by atoms with Crippen LogP contribution in [0.3, 0.4) is 0 Å². The molecule has 2 rings (SSSR count). The Morgan fingerprint density at radius 3 is 2.65 bits per heavy atom. The van der Waals surface area contributed by atoms with Crippen molar-refractivity contribution in [3.05, 3.63) is 22.4 Å². The van der Waals surface area contributed by atoms with Crippen LogP contribution in [0.5, 0.6) is 0 Å². The second-order valence-corrected chi connectivity index (χ2v) is 6.46. The van der Waals surface area contributed by atoms with Crippen LogP contribution in [-0.2, 0) is 16.0 Å². The summed E-state index contributed by atoms with van der Waals surface area (Å²) in [6, 6.07) is 4.06. The predicted molar refractivity (Wildman–Crippen MR) is 78.7 cm³/mol. The molecule has 1 aromatic heterocycles. The number of likely N-dealkylation sites (N-methyl/N-ethyl adjacent to an activating group) is 1. The molecule has 5 heteroatoms. The van der Waals surface area contributed by atoms with Crippen molar-refractivity contribution in [3.63, 3.8) is 0 Å². The second-order valence-electron chi connectivity index (χ2n) is 5.42. The predicted octanol–water partition coefficient (Wildman–Crippen LogP) is 2.64. The molecule has 4 nitrogen and oxygen atoms in total. The number of rotatable bonds is 5. The highest BCUT2D eigenvalue weighted by Gasteiger charge is 2.36. The highest BCUT2D eigenvalue weighted by atomic mass is 32.1. The molecule has 0 spiro atoms. The van der Waals surface area contributed by atoms with Crippen molar-refractivity contribution in [2.45, 2.75) is 32.1 Å². The summed E-state index contributed by atoms with van der Waals surface area (Å²) in [7, 11) is 1.78. The Hall–Kier alpha value is -1.36. The first-order valence-electron chi connectivity index (χ1n) is 7.09. The van der Waals surface area contributed by atoms with Crippen LogP contribution in [0.4, 0.5) is 0 Å². The molecule has 1 aliphatic rings. The van der Waals surface area contributed by atoms with Gasteiger partial charge in [-0.1, -0.05) is 18.9 Å². The number of hydrogen-bond acceptors (Lipinski definition) is 3. The van der Waals surface area contributed by atoms with Crippen LogP contribution in [0, 0.1) is 11.8 Å². The van der Waals surface area contributed by atoms with Gasteiger partial charge in [0, 0.05) is 18.5 Å². The van der Waals surface area contributed by atoms with Gasteiger partial charge in [0.25, 0.3) is 0 Å². The van der Waals surface area contributed by atoms with Crippen molar-refractivity contribution in [3.8, 4) is 0 Å². The van der Waals surface area contributed by atoms with Crippen LogP contribution < -0.4 is 0 Å². The first-order chi connectivity index (χ1) is 9.59. The quantitative estimate of drug-likeness (QED) is 0.908. The van der Waals surface area contributed by atoms with Gasteiger partial charge in [-0.05, 0) is 30.7 Å². The van der Waals surface area contributed by atoms with E-state index in [-0.39, 0.29) is 11.8 Å². The van der Waals surface area contributed by atoms with Gasteiger partial charge in [-0.3, -0.25) is 9.59 Å². The number of aliphatic carboxylic acids is 1. The van der Waals surface area contributed by atoms with Crippen molar-refractivity contribution in [2.75, 3.05) is 13.6 Å². The molecule has 1 amide bonds. The molecule has 20 heavy (non-hydrogen) atoms. The lowest BCUT2D eigenvalue weighted by Gasteiger charge is -2.31. The van der Waals surface area contributed by atoms with Crippen LogP contribution in [0.1, 0.15) is 30.6 Å². The van der Waals surface area contributed by atoms with Gasteiger partial charge in [0.2, 0.25) is 5.91 Å². The fourth-order valence-corrected chi connectivity index (χ4v) is 3.55. The summed E-state index contributed by atoms with van der Waals surface area (Å²) in [6.45, 7) is 0.655. The van der Waals surface area contributed by atoms with E-state index < -0.39 is 11.9 Å². The third-order valence-electron chi connectivity index (χ3n) is 4.05. The topological polar surface area (TPSA) is 57.6 Å². The molecule has 0 aliphatic heterocycles. The maximum Gasteiger partial charge on any atom is 0.307 e. The van der Waals surface area contributed by atoms with E-state index >= 15 is 0 Å². The fourth-order valence-electron chi connectivity index (χ4n) is 2.85. The third-order valence-corrected chi connectivity index (χ3v) is 4.99. The Kier molecular flexibility index (Phi) is 5.17. The maximum atomic E-state index is 12.4. The van der Waals surface area contributed by atoms with Crippen molar-refractivity contribution in [2.24, 2.45) is 11.8 Å². The minimum absolute atomic E-state index is 0.00587. The van der Waals surface area contributed by atoms with E-state index in [0.29, 0.717) is 19.4 Å². The molecular formula is C15H21NO3S. The average Bonchev–Trinajstić information content (AvgIpc) is 2.97. The van der Waals surface area contributed by atoms with Crippen molar-refractivity contribution >= 4 is 23.2 Å². The lowest BCUT2D eigenvalue weighted by molar-refractivity contribution is -0.151. The summed E-state index contributed by atoms with van der Waals surface area (Å²) in [5.41, 5.74) is 0. The zero-order chi connectivity index (χ0) is 14.5. The SMILES string of the molecule is CN(CCc1cccs1)C(=O)C1CCCCC1C(=O)O. The van der Waals surface area contributed by atoms with E-state index in [1.54, 1.807) is 23.3 Å². The summed E-state index contributed by atoms with van der Waals surface area (Å²) in [6.07, 6.45) is 4.05. The van der Waals surface area contributed by atoms with E-state index in [9.17, 15) is 14.7 Å². The monoisotopic (exact) mass is 295 g/mol. The van der Waals surface area contributed by atoms with E-state index in [2.05, 4.69) is 6.07 Å². The summed E-state index contributed by atoms with van der Waals surface area (Å²) >= 11 is 1.69. The smallest absolute Gasteiger partial charge is 0.307 e. The molecule has 1 heterocycles. The fraction of sp³-hybridized carbons (Fsp3) is 0.600. The molecule has 1 aliphatic carbocycles. The zero-order valence-corrected chi connectivity index (χ0v) is 12.6. The van der Waals surface area contributed by atoms with Gasteiger partial charge in [-0.15, -0.1) is 11.3 Å². The van der Waals surface area contributed by atoms with E-state index in [1.165, 1.54) is 4.88 Å². The Balaban J connectivity index is 1.92. The minimum atomic E-state index is -0.824. The van der Waals surface area contributed by atoms with Gasteiger partial charge in [0.05, 0.1) is 11.8 Å². The third kappa shape index (κ3) is 3.60. The molecule has 2 unspecified atom stereocenters. The molecule has 0 aromatic carbocycles. The molecule has 0 radical (unpaired) electrons. The molecular weight excluding hydrogens is 274 g/mol. The summed E-state index contributed by atoms with van der Waals surface area (Å²) < 4.78 is 0. The van der Waals surface area contributed by atoms with Crippen LogP contribution >= 0.6 is 11.3 Å². The van der Waals surface area contributed by atoms with Gasteiger partial charge in [-0.2, -0.15) is 0 Å². The maximum absolute atomic E-state index is 12.4. The van der Waals surface area contributed by atoms with Crippen LogP contribution in [0.15, 0.2) is 17.5 Å². The number of carboxylic acid groups (broad SMARTS) is 1. The molecule has 0 saturated heterocycles. The van der Waals surface area contributed by atoms with Gasteiger partial charge in [0.1, 0.15) is 0 Å². The number of nitrogens with zero attached hydrogens (tertiary/aromatic N) is 1. The van der Waals surface area contributed by atoms with Crippen LogP contribution in [-0.4, -0.2) is 35.5 Å². The molecule has 1 saturated carbocycles. The standard InChI is InChI=1S/C15H21NO3S/c1-16(9-8-11-5-4-10-20-11)14(17)12-6-2-3-7-13(12)15(18)19/h4-5,10,12-13H,2-3,6-9H2,1H3,(H,18,19). The number of carbonyl (C=O) groups is 2. The lowest BCUT2D eigenvalue weighted by atomic mass is 9.78. The first-order valence-corrected chi connectivity index (χ1v) is 7.97. The average molecular weight is 295 g/mol. The number of carbonyl (C=O) groups excluding carboxylic acids is 1. The Morgan fingerprint density at radius 2 is 2.05 bits per heavy atom. The molecule has 110 valence electrons. The molecule has 1 N–H and O–H groups in total. The zero-order valence-electron chi connectivity index (χ0n) is 11.7. The Bertz CT molecular complexity index is 458. The number of thiophene rings is 1. The lowest BCUT2D eigenvalue weighted by Crippen LogP contribution is -2.41. The number of carboxylic acids is 1. The van der Waals surface area contributed by atoms with Crippen molar-refractivity contribution in [1.82, 2.24) is 4.90 Å². The number of hydrogen-bond donors (Lipinski definition) is 1. The Morgan fingerprint density at radius 1 is 1.35 bits per heavy atom. The van der Waals surface area contributed by atoms with Crippen molar-refractivity contribution in [1.29, 1.82) is 0 Å². The molecule has 1 aromatic rings. The second kappa shape index (κ2) is 6.88. The van der Waals surface area contributed by atoms with Gasteiger partial charge >= 0.3 is 5.97 Å². The molecule has 2 atom stereocenters. The highest BCUT2D eigenvalue weighted by molar-refractivity contribution is 7.09. The molecule has 1 fully saturated rings. The summed E-state index contributed by atoms with van der Waals surface area (Å²) in [5, 5.41) is 11.3.